The van der Waals surface area contributed by atoms with Crippen molar-refractivity contribution in [3.05, 3.63) is 58.9 Å². The normalized spacial score (nSPS) is 11.4. The van der Waals surface area contributed by atoms with E-state index in [0.717, 1.165) is 0 Å². The Bertz CT molecular complexity index is 840. The van der Waals surface area contributed by atoms with Gasteiger partial charge in [0.1, 0.15) is 18.0 Å². The summed E-state index contributed by atoms with van der Waals surface area (Å²) in [5.74, 6) is -11.7. The van der Waals surface area contributed by atoms with Crippen LogP contribution in [0.3, 0.4) is 0 Å². The van der Waals surface area contributed by atoms with Crippen LogP contribution in [0.2, 0.25) is 0 Å². The van der Waals surface area contributed by atoms with Crippen LogP contribution in [0.4, 0.5) is 27.6 Å². The molecular weight excluding hydrogens is 363 g/mol. The Labute approximate surface area is 143 Å². The van der Waals surface area contributed by atoms with Crippen LogP contribution in [-0.2, 0) is 4.79 Å². The summed E-state index contributed by atoms with van der Waals surface area (Å²) < 4.78 is 71.1. The summed E-state index contributed by atoms with van der Waals surface area (Å²) in [4.78, 5) is 10.3. The van der Waals surface area contributed by atoms with Gasteiger partial charge in [-0.05, 0) is 36.8 Å². The van der Waals surface area contributed by atoms with Gasteiger partial charge in [-0.2, -0.15) is 5.10 Å². The molecule has 0 aliphatic rings. The Kier molecular flexibility index (Phi) is 5.75. The summed E-state index contributed by atoms with van der Waals surface area (Å²) in [5.41, 5.74) is 1.11. The third-order valence-electron chi connectivity index (χ3n) is 3.17. The number of hydrogen-bond acceptors (Lipinski definition) is 5. The molecule has 0 heterocycles. The molecule has 0 aliphatic carbocycles. The monoisotopic (exact) mass is 373 g/mol. The SMILES string of the molecule is C/C(=N/Nc1c(F)c(F)c(F)c(F)c1F)c1ccc(OCC(=O)[O-])cc1. The molecule has 0 fully saturated rings. The molecule has 0 radical (unpaired) electrons. The number of benzene rings is 2. The molecular formula is C16H10F5N2O3-. The third kappa shape index (κ3) is 4.08. The summed E-state index contributed by atoms with van der Waals surface area (Å²) in [6.45, 7) is 0.768. The minimum absolute atomic E-state index is 0.153. The number of hydrogen-bond donors (Lipinski definition) is 1. The van der Waals surface area contributed by atoms with E-state index in [-0.39, 0.29) is 11.5 Å². The minimum Gasteiger partial charge on any atom is -0.546 e. The molecule has 2 aromatic carbocycles. The lowest BCUT2D eigenvalue weighted by Gasteiger charge is -2.09. The first-order valence-electron chi connectivity index (χ1n) is 6.97. The van der Waals surface area contributed by atoms with E-state index in [1.807, 2.05) is 5.43 Å². The number of anilines is 1. The second-order valence-electron chi connectivity index (χ2n) is 4.94. The lowest BCUT2D eigenvalue weighted by Crippen LogP contribution is -2.28. The fourth-order valence-electron chi connectivity index (χ4n) is 1.84. The van der Waals surface area contributed by atoms with Crippen molar-refractivity contribution in [1.82, 2.24) is 0 Å². The molecule has 2 aromatic rings. The van der Waals surface area contributed by atoms with Crippen molar-refractivity contribution < 1.29 is 36.6 Å². The predicted molar refractivity (Wildman–Crippen MR) is 79.0 cm³/mol. The lowest BCUT2D eigenvalue weighted by atomic mass is 10.1. The first-order valence-corrected chi connectivity index (χ1v) is 6.97. The average Bonchev–Trinajstić information content (AvgIpc) is 2.63. The number of hydrazone groups is 1. The van der Waals surface area contributed by atoms with Crippen LogP contribution in [0.15, 0.2) is 29.4 Å². The van der Waals surface area contributed by atoms with E-state index >= 15 is 0 Å². The molecule has 2 rings (SSSR count). The molecule has 0 unspecified atom stereocenters. The molecule has 0 spiro atoms. The van der Waals surface area contributed by atoms with E-state index in [2.05, 4.69) is 5.10 Å². The number of aliphatic carboxylic acids is 1. The first kappa shape index (κ1) is 19.2. The van der Waals surface area contributed by atoms with Gasteiger partial charge in [-0.1, -0.05) is 0 Å². The van der Waals surface area contributed by atoms with Crippen molar-refractivity contribution in [1.29, 1.82) is 0 Å². The largest absolute Gasteiger partial charge is 0.546 e. The van der Waals surface area contributed by atoms with E-state index in [1.54, 1.807) is 0 Å². The second-order valence-corrected chi connectivity index (χ2v) is 4.94. The van der Waals surface area contributed by atoms with Gasteiger partial charge in [0.05, 0.1) is 11.7 Å². The number of carboxylic acids is 1. The highest BCUT2D eigenvalue weighted by atomic mass is 19.2. The molecule has 5 nitrogen and oxygen atoms in total. The number of halogens is 5. The van der Waals surface area contributed by atoms with Crippen molar-refractivity contribution >= 4 is 17.4 Å². The molecule has 0 saturated carbocycles. The molecule has 0 amide bonds. The van der Waals surface area contributed by atoms with Gasteiger partial charge in [0.2, 0.25) is 5.82 Å². The van der Waals surface area contributed by atoms with Gasteiger partial charge < -0.3 is 14.6 Å². The highest BCUT2D eigenvalue weighted by molar-refractivity contribution is 5.99. The number of carbonyl (C=O) groups excluding carboxylic acids is 1. The number of ether oxygens (including phenoxy) is 1. The number of carbonyl (C=O) groups is 1. The molecule has 26 heavy (non-hydrogen) atoms. The molecule has 1 N–H and O–H groups in total. The minimum atomic E-state index is -2.27. The zero-order chi connectivity index (χ0) is 19.4. The molecule has 10 heteroatoms. The average molecular weight is 373 g/mol. The van der Waals surface area contributed by atoms with Gasteiger partial charge >= 0.3 is 0 Å². The molecule has 138 valence electrons. The van der Waals surface area contributed by atoms with Crippen molar-refractivity contribution in [3.8, 4) is 5.75 Å². The Morgan fingerprint density at radius 2 is 1.50 bits per heavy atom. The van der Waals surface area contributed by atoms with Crippen LogP contribution in [0.1, 0.15) is 12.5 Å². The third-order valence-corrected chi connectivity index (χ3v) is 3.17. The fourth-order valence-corrected chi connectivity index (χ4v) is 1.84. The molecule has 0 atom stereocenters. The maximum Gasteiger partial charge on any atom is 0.200 e. The van der Waals surface area contributed by atoms with Crippen molar-refractivity contribution in [2.45, 2.75) is 6.92 Å². The number of nitrogens with zero attached hydrogens (tertiary/aromatic N) is 1. The van der Waals surface area contributed by atoms with Crippen molar-refractivity contribution in [3.63, 3.8) is 0 Å². The van der Waals surface area contributed by atoms with E-state index < -0.39 is 47.3 Å². The Balaban J connectivity index is 2.20. The Morgan fingerprint density at radius 1 is 1.00 bits per heavy atom. The van der Waals surface area contributed by atoms with Crippen LogP contribution in [0, 0.1) is 29.1 Å². The van der Waals surface area contributed by atoms with Gasteiger partial charge in [-0.25, -0.2) is 22.0 Å². The van der Waals surface area contributed by atoms with Crippen LogP contribution in [-0.4, -0.2) is 18.3 Å². The second kappa shape index (κ2) is 7.81. The first-order chi connectivity index (χ1) is 12.2. The smallest absolute Gasteiger partial charge is 0.200 e. The van der Waals surface area contributed by atoms with Gasteiger partial charge in [0.25, 0.3) is 0 Å². The van der Waals surface area contributed by atoms with E-state index in [4.69, 9.17) is 4.74 Å². The molecule has 0 aliphatic heterocycles. The maximum atomic E-state index is 13.5. The van der Waals surface area contributed by atoms with Gasteiger partial charge in [0.15, 0.2) is 23.3 Å². The predicted octanol–water partition coefficient (Wildman–Crippen LogP) is 2.35. The summed E-state index contributed by atoms with van der Waals surface area (Å²) in [6, 6.07) is 5.69. The number of rotatable bonds is 6. The molecule has 0 saturated heterocycles. The van der Waals surface area contributed by atoms with Crippen molar-refractivity contribution in [2.75, 3.05) is 12.0 Å². The van der Waals surface area contributed by atoms with Crippen LogP contribution < -0.4 is 15.3 Å². The Morgan fingerprint density at radius 3 is 2.00 bits per heavy atom. The fraction of sp³-hybridized carbons (Fsp3) is 0.125. The van der Waals surface area contributed by atoms with Crippen LogP contribution >= 0.6 is 0 Å². The Hall–Kier alpha value is -3.17. The maximum absolute atomic E-state index is 13.5. The highest BCUT2D eigenvalue weighted by Gasteiger charge is 2.25. The topological polar surface area (TPSA) is 73.8 Å². The summed E-state index contributed by atoms with van der Waals surface area (Å²) >= 11 is 0. The zero-order valence-electron chi connectivity index (χ0n) is 13.1. The van der Waals surface area contributed by atoms with Gasteiger partial charge in [-0.15, -0.1) is 0 Å². The lowest BCUT2D eigenvalue weighted by molar-refractivity contribution is -0.307. The van der Waals surface area contributed by atoms with E-state index in [0.29, 0.717) is 5.56 Å². The summed E-state index contributed by atoms with van der Waals surface area (Å²) in [5, 5.41) is 13.9. The van der Waals surface area contributed by atoms with Crippen molar-refractivity contribution in [2.24, 2.45) is 5.10 Å². The molecule has 0 aromatic heterocycles. The quantitative estimate of drug-likeness (QED) is 0.277. The zero-order valence-corrected chi connectivity index (χ0v) is 13.1. The highest BCUT2D eigenvalue weighted by Crippen LogP contribution is 2.27. The van der Waals surface area contributed by atoms with Gasteiger partial charge in [0, 0.05) is 0 Å². The molecule has 0 bridgehead atoms. The number of carboxylic acid groups (broad SMARTS) is 1. The summed E-state index contributed by atoms with van der Waals surface area (Å²) in [6.07, 6.45) is 0. The van der Waals surface area contributed by atoms with E-state index in [9.17, 15) is 31.9 Å². The van der Waals surface area contributed by atoms with Crippen LogP contribution in [0.5, 0.6) is 5.75 Å². The number of nitrogens with one attached hydrogen (secondary N) is 1. The standard InChI is InChI=1S/C16H11F5N2O3/c1-7(8-2-4-9(5-3-8)26-6-10(24)25)22-23-16-14(20)12(18)11(17)13(19)15(16)21/h2-5,23H,6H2,1H3,(H,24,25)/p-1/b22-7-. The van der Waals surface area contributed by atoms with Gasteiger partial charge in [-0.3, -0.25) is 5.43 Å². The van der Waals surface area contributed by atoms with E-state index in [1.165, 1.54) is 31.2 Å². The summed E-state index contributed by atoms with van der Waals surface area (Å²) in [7, 11) is 0. The van der Waals surface area contributed by atoms with Crippen LogP contribution in [0.25, 0.3) is 0 Å².